The van der Waals surface area contributed by atoms with Crippen LogP contribution in [0.25, 0.3) is 5.57 Å². The molecule has 0 saturated carbocycles. The van der Waals surface area contributed by atoms with Crippen molar-refractivity contribution in [2.75, 3.05) is 38.8 Å². The number of anilines is 1. The van der Waals surface area contributed by atoms with E-state index in [1.807, 2.05) is 19.1 Å². The molecule has 37 heavy (non-hydrogen) atoms. The minimum Gasteiger partial charge on any atom is -0.393 e. The molecule has 2 heterocycles. The third-order valence-corrected chi connectivity index (χ3v) is 5.53. The van der Waals surface area contributed by atoms with Crippen molar-refractivity contribution in [1.82, 2.24) is 20.9 Å². The number of pyridine rings is 1. The van der Waals surface area contributed by atoms with Crippen molar-refractivity contribution >= 4 is 29.9 Å². The van der Waals surface area contributed by atoms with Crippen LogP contribution in [-0.4, -0.2) is 57.4 Å². The van der Waals surface area contributed by atoms with Crippen LogP contribution in [0, 0.1) is 16.7 Å². The van der Waals surface area contributed by atoms with Crippen LogP contribution in [0.3, 0.4) is 0 Å². The largest absolute Gasteiger partial charge is 0.393 e. The van der Waals surface area contributed by atoms with Crippen LogP contribution < -0.4 is 20.9 Å². The number of hydrogen-bond acceptors (Lipinski definition) is 8. The standard InChI is InChI=1S/C27H35N7O3/c1-5-6-8-21(15-28)24(31-10-12-37-4)13-19(2)32-27(36)34-11-7-9-20-14-23(22(16-29)17-30-3)25(18-35)33-26(20)34/h6,8,13-14,16-18,29-31H,5,7,9-12H2,1-4H3,(H,32,36)/b8-6+,19-13+,22-17+,24-21-,29-16?. The lowest BCUT2D eigenvalue weighted by Crippen LogP contribution is -2.43. The lowest BCUT2D eigenvalue weighted by atomic mass is 9.98. The Morgan fingerprint density at radius 3 is 2.81 bits per heavy atom. The fraction of sp³-hybridized carbons (Fsp3) is 0.370. The first kappa shape index (κ1) is 29.0. The van der Waals surface area contributed by atoms with Gasteiger partial charge in [-0.2, -0.15) is 5.26 Å². The second kappa shape index (κ2) is 15.0. The molecule has 1 aromatic heterocycles. The number of allylic oxidation sites excluding steroid dienone is 6. The maximum Gasteiger partial charge on any atom is 0.327 e. The summed E-state index contributed by atoms with van der Waals surface area (Å²) in [6, 6.07) is 3.63. The molecular weight excluding hydrogens is 470 g/mol. The number of carbonyl (C=O) groups is 2. The monoisotopic (exact) mass is 505 g/mol. The molecule has 2 rings (SSSR count). The number of nitriles is 1. The predicted molar refractivity (Wildman–Crippen MR) is 145 cm³/mol. The summed E-state index contributed by atoms with van der Waals surface area (Å²) >= 11 is 0. The zero-order valence-electron chi connectivity index (χ0n) is 21.9. The Balaban J connectivity index is 2.38. The van der Waals surface area contributed by atoms with Crippen LogP contribution in [0.2, 0.25) is 0 Å². The average Bonchev–Trinajstić information content (AvgIpc) is 2.90. The Hall–Kier alpha value is -4.23. The van der Waals surface area contributed by atoms with Crippen molar-refractivity contribution in [3.8, 4) is 6.07 Å². The SMILES string of the molecule is CC/C=C/C(C#N)=C(\C=C(/C)NC(=O)N1CCCc2cc(/C(C=N)=C/NC)c(C=O)nc21)NCCOC. The van der Waals surface area contributed by atoms with Gasteiger partial charge in [0.1, 0.15) is 17.6 Å². The first-order valence-electron chi connectivity index (χ1n) is 12.1. The number of aromatic nitrogens is 1. The van der Waals surface area contributed by atoms with Gasteiger partial charge in [-0.3, -0.25) is 9.69 Å². The van der Waals surface area contributed by atoms with E-state index in [-0.39, 0.29) is 11.7 Å². The normalized spacial score (nSPS) is 14.4. The fourth-order valence-corrected chi connectivity index (χ4v) is 3.80. The number of urea groups is 1. The number of nitrogens with one attached hydrogen (secondary N) is 4. The maximum absolute atomic E-state index is 13.3. The zero-order valence-corrected chi connectivity index (χ0v) is 21.9. The first-order valence-corrected chi connectivity index (χ1v) is 12.1. The lowest BCUT2D eigenvalue weighted by molar-refractivity contribution is 0.111. The van der Waals surface area contributed by atoms with Crippen molar-refractivity contribution in [1.29, 1.82) is 10.7 Å². The Morgan fingerprint density at radius 1 is 1.41 bits per heavy atom. The van der Waals surface area contributed by atoms with E-state index in [0.717, 1.165) is 24.6 Å². The molecule has 1 aliphatic heterocycles. The van der Waals surface area contributed by atoms with Gasteiger partial charge in [-0.1, -0.05) is 13.0 Å². The van der Waals surface area contributed by atoms with Gasteiger partial charge in [0.05, 0.1) is 17.9 Å². The minimum absolute atomic E-state index is 0.157. The first-order chi connectivity index (χ1) is 17.9. The number of hydrogen-bond donors (Lipinski definition) is 4. The molecule has 4 N–H and O–H groups in total. The summed E-state index contributed by atoms with van der Waals surface area (Å²) in [4.78, 5) is 31.1. The molecule has 2 amide bonds. The Bertz CT molecular complexity index is 1160. The summed E-state index contributed by atoms with van der Waals surface area (Å²) in [6.45, 7) is 5.12. The van der Waals surface area contributed by atoms with Crippen molar-refractivity contribution in [2.45, 2.75) is 33.1 Å². The second-order valence-electron chi connectivity index (χ2n) is 8.24. The van der Waals surface area contributed by atoms with Crippen LogP contribution in [-0.2, 0) is 11.2 Å². The lowest BCUT2D eigenvalue weighted by Gasteiger charge is -2.29. The van der Waals surface area contributed by atoms with Gasteiger partial charge in [-0.15, -0.1) is 0 Å². The molecule has 1 aromatic rings. The van der Waals surface area contributed by atoms with Gasteiger partial charge in [0.15, 0.2) is 6.29 Å². The Labute approximate surface area is 218 Å². The summed E-state index contributed by atoms with van der Waals surface area (Å²) in [7, 11) is 3.31. The van der Waals surface area contributed by atoms with E-state index >= 15 is 0 Å². The molecule has 0 atom stereocenters. The molecule has 0 fully saturated rings. The highest BCUT2D eigenvalue weighted by molar-refractivity contribution is 6.10. The van der Waals surface area contributed by atoms with Gasteiger partial charge < -0.3 is 26.1 Å². The number of methoxy groups -OCH3 is 1. The number of amides is 2. The van der Waals surface area contributed by atoms with Crippen LogP contribution in [0.15, 0.2) is 47.5 Å². The van der Waals surface area contributed by atoms with E-state index in [4.69, 9.17) is 10.1 Å². The summed E-state index contributed by atoms with van der Waals surface area (Å²) in [5, 5.41) is 26.3. The summed E-state index contributed by atoms with van der Waals surface area (Å²) in [6.07, 6.45) is 11.0. The molecule has 0 aliphatic carbocycles. The fourth-order valence-electron chi connectivity index (χ4n) is 3.80. The molecule has 0 saturated heterocycles. The summed E-state index contributed by atoms with van der Waals surface area (Å²) < 4.78 is 5.10. The van der Waals surface area contributed by atoms with Gasteiger partial charge in [0, 0.05) is 56.5 Å². The van der Waals surface area contributed by atoms with E-state index in [1.54, 1.807) is 39.4 Å². The number of aldehydes is 1. The van der Waals surface area contributed by atoms with Gasteiger partial charge in [-0.05, 0) is 50.0 Å². The summed E-state index contributed by atoms with van der Waals surface area (Å²) in [5.74, 6) is 0.425. The molecular formula is C27H35N7O3. The van der Waals surface area contributed by atoms with Gasteiger partial charge >= 0.3 is 6.03 Å². The molecule has 10 nitrogen and oxygen atoms in total. The third-order valence-electron chi connectivity index (χ3n) is 5.53. The molecule has 0 unspecified atom stereocenters. The smallest absolute Gasteiger partial charge is 0.327 e. The third kappa shape index (κ3) is 7.88. The van der Waals surface area contributed by atoms with Crippen molar-refractivity contribution < 1.29 is 14.3 Å². The van der Waals surface area contributed by atoms with Crippen LogP contribution >= 0.6 is 0 Å². The van der Waals surface area contributed by atoms with E-state index in [0.29, 0.717) is 66.3 Å². The topological polar surface area (TPSA) is 143 Å². The highest BCUT2D eigenvalue weighted by Gasteiger charge is 2.26. The van der Waals surface area contributed by atoms with E-state index in [1.165, 1.54) is 4.90 Å². The predicted octanol–water partition coefficient (Wildman–Crippen LogP) is 3.45. The molecule has 1 aliphatic rings. The van der Waals surface area contributed by atoms with E-state index < -0.39 is 0 Å². The summed E-state index contributed by atoms with van der Waals surface area (Å²) in [5.41, 5.74) is 3.59. The van der Waals surface area contributed by atoms with Gasteiger partial charge in [0.2, 0.25) is 0 Å². The highest BCUT2D eigenvalue weighted by atomic mass is 16.5. The Morgan fingerprint density at radius 2 is 2.19 bits per heavy atom. The number of rotatable bonds is 12. The van der Waals surface area contributed by atoms with Gasteiger partial charge in [-0.25, -0.2) is 9.78 Å². The van der Waals surface area contributed by atoms with Crippen LogP contribution in [0.5, 0.6) is 0 Å². The number of aryl methyl sites for hydroxylation is 1. The molecule has 0 bridgehead atoms. The number of carbonyl (C=O) groups excluding carboxylic acids is 2. The quantitative estimate of drug-likeness (QED) is 0.112. The minimum atomic E-state index is -0.385. The molecule has 0 aromatic carbocycles. The van der Waals surface area contributed by atoms with E-state index in [9.17, 15) is 14.9 Å². The van der Waals surface area contributed by atoms with Crippen molar-refractivity contribution in [3.05, 3.63) is 64.3 Å². The van der Waals surface area contributed by atoms with Crippen molar-refractivity contribution in [2.24, 2.45) is 0 Å². The van der Waals surface area contributed by atoms with Crippen molar-refractivity contribution in [3.63, 3.8) is 0 Å². The number of ether oxygens (including phenoxy) is 1. The van der Waals surface area contributed by atoms with Crippen LogP contribution in [0.1, 0.15) is 48.3 Å². The number of fused-ring (bicyclic) bond motifs is 1. The molecule has 0 spiro atoms. The van der Waals surface area contributed by atoms with E-state index in [2.05, 4.69) is 27.0 Å². The molecule has 10 heteroatoms. The Kier molecular flexibility index (Phi) is 11.8. The van der Waals surface area contributed by atoms with Gasteiger partial charge in [0.25, 0.3) is 0 Å². The van der Waals surface area contributed by atoms with Crippen LogP contribution in [0.4, 0.5) is 10.6 Å². The average molecular weight is 506 g/mol. The maximum atomic E-state index is 13.3. The molecule has 0 radical (unpaired) electrons. The highest BCUT2D eigenvalue weighted by Crippen LogP contribution is 2.29. The molecule has 196 valence electrons. The second-order valence-corrected chi connectivity index (χ2v) is 8.24. The zero-order chi connectivity index (χ0) is 27.2. The number of nitrogens with zero attached hydrogens (tertiary/aromatic N) is 3.